The van der Waals surface area contributed by atoms with Crippen molar-refractivity contribution in [1.82, 2.24) is 10.2 Å². The molecule has 2 atom stereocenters. The number of halogens is 2. The lowest BCUT2D eigenvalue weighted by atomic mass is 9.93. The highest BCUT2D eigenvalue weighted by Gasteiger charge is 2.36. The van der Waals surface area contributed by atoms with Crippen LogP contribution < -0.4 is 5.32 Å². The van der Waals surface area contributed by atoms with E-state index in [0.29, 0.717) is 25.0 Å². The molecular formula is C9H14F2N2O. The van der Waals surface area contributed by atoms with Crippen molar-refractivity contribution in [2.75, 3.05) is 19.6 Å². The van der Waals surface area contributed by atoms with Gasteiger partial charge in [-0.15, -0.1) is 0 Å². The summed E-state index contributed by atoms with van der Waals surface area (Å²) in [5.41, 5.74) is 0. The van der Waals surface area contributed by atoms with Crippen LogP contribution in [0.5, 0.6) is 0 Å². The van der Waals surface area contributed by atoms with Crippen molar-refractivity contribution in [1.29, 1.82) is 0 Å². The molecule has 2 fully saturated rings. The number of hydrogen-bond donors (Lipinski definition) is 1. The van der Waals surface area contributed by atoms with Crippen LogP contribution in [0.4, 0.5) is 8.78 Å². The molecule has 80 valence electrons. The molecule has 2 aliphatic heterocycles. The first-order chi connectivity index (χ1) is 6.68. The van der Waals surface area contributed by atoms with Gasteiger partial charge in [-0.2, -0.15) is 8.78 Å². The molecule has 0 aromatic rings. The summed E-state index contributed by atoms with van der Waals surface area (Å²) in [4.78, 5) is 12.3. The average molecular weight is 204 g/mol. The van der Waals surface area contributed by atoms with Gasteiger partial charge >= 0.3 is 6.43 Å². The topological polar surface area (TPSA) is 32.3 Å². The standard InChI is InChI=1S/C9H14F2N2O/c10-8(11)9(14)13-4-2-7-6(5-13)1-3-12-7/h6-8,12H,1-5H2. The lowest BCUT2D eigenvalue weighted by Gasteiger charge is -2.34. The minimum Gasteiger partial charge on any atom is -0.337 e. The molecule has 5 heteroatoms. The van der Waals surface area contributed by atoms with Gasteiger partial charge in [0.15, 0.2) is 0 Å². The third-order valence-corrected chi connectivity index (χ3v) is 3.15. The molecule has 1 amide bonds. The van der Waals surface area contributed by atoms with Gasteiger partial charge in [0, 0.05) is 19.1 Å². The Kier molecular flexibility index (Phi) is 2.67. The number of rotatable bonds is 1. The monoisotopic (exact) mass is 204 g/mol. The van der Waals surface area contributed by atoms with E-state index in [9.17, 15) is 13.6 Å². The molecule has 2 saturated heterocycles. The van der Waals surface area contributed by atoms with Gasteiger partial charge in [0.05, 0.1) is 0 Å². The number of nitrogens with one attached hydrogen (secondary N) is 1. The first-order valence-corrected chi connectivity index (χ1v) is 4.99. The fourth-order valence-corrected chi connectivity index (χ4v) is 2.39. The second-order valence-electron chi connectivity index (χ2n) is 3.98. The molecule has 14 heavy (non-hydrogen) atoms. The Balaban J connectivity index is 1.94. The average Bonchev–Trinajstić information content (AvgIpc) is 2.62. The molecule has 0 aromatic carbocycles. The van der Waals surface area contributed by atoms with Crippen LogP contribution >= 0.6 is 0 Å². The summed E-state index contributed by atoms with van der Waals surface area (Å²) in [7, 11) is 0. The van der Waals surface area contributed by atoms with E-state index in [1.807, 2.05) is 0 Å². The minimum absolute atomic E-state index is 0.381. The van der Waals surface area contributed by atoms with Crippen LogP contribution in [0.2, 0.25) is 0 Å². The van der Waals surface area contributed by atoms with E-state index < -0.39 is 12.3 Å². The largest absolute Gasteiger partial charge is 0.337 e. The molecule has 2 rings (SSSR count). The SMILES string of the molecule is O=C(C(F)F)N1CCC2NCCC2C1. The van der Waals surface area contributed by atoms with E-state index in [-0.39, 0.29) is 0 Å². The van der Waals surface area contributed by atoms with Crippen molar-refractivity contribution in [3.05, 3.63) is 0 Å². The Morgan fingerprint density at radius 2 is 2.21 bits per heavy atom. The highest BCUT2D eigenvalue weighted by Crippen LogP contribution is 2.25. The number of piperidine rings is 1. The minimum atomic E-state index is -2.85. The number of fused-ring (bicyclic) bond motifs is 1. The van der Waals surface area contributed by atoms with Crippen molar-refractivity contribution < 1.29 is 13.6 Å². The van der Waals surface area contributed by atoms with E-state index in [1.165, 1.54) is 4.90 Å². The summed E-state index contributed by atoms with van der Waals surface area (Å²) in [5.74, 6) is -0.623. The van der Waals surface area contributed by atoms with Gasteiger partial charge in [-0.05, 0) is 25.3 Å². The molecule has 0 bridgehead atoms. The highest BCUT2D eigenvalue weighted by atomic mass is 19.3. The molecule has 0 aliphatic carbocycles. The molecule has 2 aliphatic rings. The van der Waals surface area contributed by atoms with E-state index in [4.69, 9.17) is 0 Å². The molecular weight excluding hydrogens is 190 g/mol. The summed E-state index contributed by atoms with van der Waals surface area (Å²) in [6.07, 6.45) is -1.04. The lowest BCUT2D eigenvalue weighted by molar-refractivity contribution is -0.144. The Morgan fingerprint density at radius 1 is 1.43 bits per heavy atom. The van der Waals surface area contributed by atoms with Crippen molar-refractivity contribution in [2.45, 2.75) is 25.3 Å². The van der Waals surface area contributed by atoms with Gasteiger partial charge < -0.3 is 10.2 Å². The quantitative estimate of drug-likeness (QED) is 0.673. The number of nitrogens with zero attached hydrogens (tertiary/aromatic N) is 1. The predicted molar refractivity (Wildman–Crippen MR) is 47.1 cm³/mol. The van der Waals surface area contributed by atoms with Crippen molar-refractivity contribution >= 4 is 5.91 Å². The summed E-state index contributed by atoms with van der Waals surface area (Å²) in [6, 6.07) is 0.441. The van der Waals surface area contributed by atoms with Crippen molar-refractivity contribution in [2.24, 2.45) is 5.92 Å². The van der Waals surface area contributed by atoms with Crippen LogP contribution in [0.1, 0.15) is 12.8 Å². The predicted octanol–water partition coefficient (Wildman–Crippen LogP) is 0.462. The van der Waals surface area contributed by atoms with E-state index >= 15 is 0 Å². The molecule has 0 radical (unpaired) electrons. The number of amides is 1. The molecule has 2 unspecified atom stereocenters. The van der Waals surface area contributed by atoms with Gasteiger partial charge in [0.1, 0.15) is 0 Å². The van der Waals surface area contributed by atoms with Gasteiger partial charge in [-0.1, -0.05) is 0 Å². The lowest BCUT2D eigenvalue weighted by Crippen LogP contribution is -2.48. The maximum absolute atomic E-state index is 12.1. The van der Waals surface area contributed by atoms with Gasteiger partial charge in [0.2, 0.25) is 0 Å². The maximum atomic E-state index is 12.1. The zero-order valence-corrected chi connectivity index (χ0v) is 7.88. The number of alkyl halides is 2. The zero-order valence-electron chi connectivity index (χ0n) is 7.88. The van der Waals surface area contributed by atoms with Crippen LogP contribution in [0.25, 0.3) is 0 Å². The van der Waals surface area contributed by atoms with E-state index in [0.717, 1.165) is 19.4 Å². The van der Waals surface area contributed by atoms with Gasteiger partial charge in [-0.3, -0.25) is 4.79 Å². The summed E-state index contributed by atoms with van der Waals surface area (Å²) >= 11 is 0. The number of carbonyl (C=O) groups excluding carboxylic acids is 1. The first-order valence-electron chi connectivity index (χ1n) is 4.99. The van der Waals surface area contributed by atoms with Crippen LogP contribution in [0.3, 0.4) is 0 Å². The fourth-order valence-electron chi connectivity index (χ4n) is 2.39. The van der Waals surface area contributed by atoms with Gasteiger partial charge in [0.25, 0.3) is 5.91 Å². The molecule has 0 saturated carbocycles. The second-order valence-corrected chi connectivity index (χ2v) is 3.98. The fraction of sp³-hybridized carbons (Fsp3) is 0.889. The summed E-state index contributed by atoms with van der Waals surface area (Å²) in [6.45, 7) is 1.92. The van der Waals surface area contributed by atoms with Crippen LogP contribution in [-0.4, -0.2) is 42.9 Å². The molecule has 0 spiro atoms. The Hall–Kier alpha value is -0.710. The third kappa shape index (κ3) is 1.73. The maximum Gasteiger partial charge on any atom is 0.315 e. The Labute approximate surface area is 81.4 Å². The molecule has 3 nitrogen and oxygen atoms in total. The van der Waals surface area contributed by atoms with Crippen molar-refractivity contribution in [3.63, 3.8) is 0 Å². The van der Waals surface area contributed by atoms with E-state index in [1.54, 1.807) is 0 Å². The first kappa shape index (κ1) is 9.83. The smallest absolute Gasteiger partial charge is 0.315 e. The molecule has 2 heterocycles. The van der Waals surface area contributed by atoms with Gasteiger partial charge in [-0.25, -0.2) is 0 Å². The second kappa shape index (κ2) is 3.81. The highest BCUT2D eigenvalue weighted by molar-refractivity contribution is 5.79. The Bertz CT molecular complexity index is 235. The summed E-state index contributed by atoms with van der Waals surface area (Å²) in [5, 5.41) is 3.32. The normalized spacial score (nSPS) is 32.1. The Morgan fingerprint density at radius 3 is 2.93 bits per heavy atom. The summed E-state index contributed by atoms with van der Waals surface area (Å²) < 4.78 is 24.3. The van der Waals surface area contributed by atoms with Crippen LogP contribution in [0, 0.1) is 5.92 Å². The number of carbonyl (C=O) groups is 1. The zero-order chi connectivity index (χ0) is 10.1. The van der Waals surface area contributed by atoms with Crippen LogP contribution in [-0.2, 0) is 4.79 Å². The van der Waals surface area contributed by atoms with Crippen molar-refractivity contribution in [3.8, 4) is 0 Å². The molecule has 0 aromatic heterocycles. The van der Waals surface area contributed by atoms with E-state index in [2.05, 4.69) is 5.32 Å². The number of hydrogen-bond acceptors (Lipinski definition) is 2. The number of likely N-dealkylation sites (tertiary alicyclic amines) is 1. The van der Waals surface area contributed by atoms with Crippen LogP contribution in [0.15, 0.2) is 0 Å². The molecule has 1 N–H and O–H groups in total. The third-order valence-electron chi connectivity index (χ3n) is 3.15.